The number of rotatable bonds is 2. The minimum Gasteiger partial charge on any atom is -0.454 e. The van der Waals surface area contributed by atoms with Crippen molar-refractivity contribution in [2.75, 3.05) is 18.4 Å². The fraction of sp³-hybridized carbons (Fsp3) is 0.333. The third kappa shape index (κ3) is 3.29. The second-order valence-corrected chi connectivity index (χ2v) is 6.67. The smallest absolute Gasteiger partial charge is 0.224 e. The van der Waals surface area contributed by atoms with Gasteiger partial charge in [0, 0.05) is 25.2 Å². The van der Waals surface area contributed by atoms with E-state index in [1.807, 2.05) is 49.4 Å². The monoisotopic (exact) mass is 349 g/mol. The standard InChI is InChI=1S/C21H23N3O2/c1-2-20(25)22-15-10-11-18-16(14-15)21(24-12-6-3-7-13-24)23-17-8-4-5-9-19(17)26-18/h4-5,8-11,14H,2-3,6-7,12-13H2,1H3,(H,22,25). The number of hydrogen-bond acceptors (Lipinski definition) is 4. The van der Waals surface area contributed by atoms with Crippen LogP contribution in [0, 0.1) is 0 Å². The van der Waals surface area contributed by atoms with Crippen LogP contribution in [0.3, 0.4) is 0 Å². The van der Waals surface area contributed by atoms with Crippen LogP contribution in [0.2, 0.25) is 0 Å². The molecule has 0 unspecified atom stereocenters. The molecule has 0 atom stereocenters. The molecule has 2 aromatic rings. The van der Waals surface area contributed by atoms with Gasteiger partial charge in [0.15, 0.2) is 5.75 Å². The summed E-state index contributed by atoms with van der Waals surface area (Å²) in [6.07, 6.45) is 4.05. The number of fused-ring (bicyclic) bond motifs is 2. The molecular formula is C21H23N3O2. The van der Waals surface area contributed by atoms with E-state index in [2.05, 4.69) is 10.2 Å². The van der Waals surface area contributed by atoms with Gasteiger partial charge in [0.05, 0.1) is 5.56 Å². The lowest BCUT2D eigenvalue weighted by atomic mass is 10.1. The Balaban J connectivity index is 1.80. The van der Waals surface area contributed by atoms with Crippen LogP contribution < -0.4 is 10.1 Å². The third-order valence-corrected chi connectivity index (χ3v) is 4.79. The van der Waals surface area contributed by atoms with E-state index in [9.17, 15) is 4.79 Å². The van der Waals surface area contributed by atoms with Gasteiger partial charge in [-0.25, -0.2) is 4.99 Å². The van der Waals surface area contributed by atoms with Crippen LogP contribution in [-0.4, -0.2) is 29.7 Å². The van der Waals surface area contributed by atoms with Crippen molar-refractivity contribution in [3.63, 3.8) is 0 Å². The van der Waals surface area contributed by atoms with E-state index in [1.165, 1.54) is 19.3 Å². The molecule has 134 valence electrons. The zero-order valence-corrected chi connectivity index (χ0v) is 15.0. The predicted octanol–water partition coefficient (Wildman–Crippen LogP) is 4.71. The van der Waals surface area contributed by atoms with Crippen LogP contribution in [0.25, 0.3) is 0 Å². The molecule has 0 spiro atoms. The Morgan fingerprint density at radius 1 is 1.12 bits per heavy atom. The number of likely N-dealkylation sites (tertiary alicyclic amines) is 1. The highest BCUT2D eigenvalue weighted by Gasteiger charge is 2.24. The van der Waals surface area contributed by atoms with Gasteiger partial charge in [-0.3, -0.25) is 4.79 Å². The van der Waals surface area contributed by atoms with Crippen molar-refractivity contribution in [3.05, 3.63) is 48.0 Å². The Morgan fingerprint density at radius 2 is 1.92 bits per heavy atom. The molecule has 0 aliphatic carbocycles. The maximum atomic E-state index is 11.8. The molecule has 0 saturated carbocycles. The molecule has 26 heavy (non-hydrogen) atoms. The second kappa shape index (κ2) is 7.20. The summed E-state index contributed by atoms with van der Waals surface area (Å²) in [5, 5.41) is 2.94. The summed E-state index contributed by atoms with van der Waals surface area (Å²) < 4.78 is 6.16. The first-order valence-electron chi connectivity index (χ1n) is 9.29. The topological polar surface area (TPSA) is 53.9 Å². The van der Waals surface area contributed by atoms with Crippen LogP contribution in [-0.2, 0) is 4.79 Å². The number of benzene rings is 2. The SMILES string of the molecule is CCC(=O)Nc1ccc2c(c1)C(N1CCCCC1)=Nc1ccccc1O2. The van der Waals surface area contributed by atoms with Gasteiger partial charge in [-0.05, 0) is 49.6 Å². The Bertz CT molecular complexity index is 854. The number of para-hydroxylation sites is 2. The molecule has 2 aromatic carbocycles. The third-order valence-electron chi connectivity index (χ3n) is 4.79. The molecule has 0 aromatic heterocycles. The maximum absolute atomic E-state index is 11.8. The van der Waals surface area contributed by atoms with Crippen molar-refractivity contribution >= 4 is 23.1 Å². The molecule has 0 bridgehead atoms. The number of nitrogens with one attached hydrogen (secondary N) is 1. The van der Waals surface area contributed by atoms with Crippen molar-refractivity contribution < 1.29 is 9.53 Å². The van der Waals surface area contributed by atoms with E-state index in [0.717, 1.165) is 47.4 Å². The number of aliphatic imine (C=N–C) groups is 1. The van der Waals surface area contributed by atoms with E-state index >= 15 is 0 Å². The van der Waals surface area contributed by atoms with E-state index in [4.69, 9.17) is 9.73 Å². The number of carbonyl (C=O) groups excluding carboxylic acids is 1. The Hall–Kier alpha value is -2.82. The van der Waals surface area contributed by atoms with Gasteiger partial charge in [-0.2, -0.15) is 0 Å². The largest absolute Gasteiger partial charge is 0.454 e. The number of nitrogens with zero attached hydrogens (tertiary/aromatic N) is 2. The summed E-state index contributed by atoms with van der Waals surface area (Å²) in [5.74, 6) is 2.45. The van der Waals surface area contributed by atoms with Gasteiger partial charge >= 0.3 is 0 Å². The average molecular weight is 349 g/mol. The summed E-state index contributed by atoms with van der Waals surface area (Å²) in [6, 6.07) is 13.6. The van der Waals surface area contributed by atoms with E-state index in [-0.39, 0.29) is 5.91 Å². The highest BCUT2D eigenvalue weighted by molar-refractivity contribution is 6.05. The van der Waals surface area contributed by atoms with Gasteiger partial charge in [0.25, 0.3) is 0 Å². The van der Waals surface area contributed by atoms with Crippen LogP contribution >= 0.6 is 0 Å². The lowest BCUT2D eigenvalue weighted by Gasteiger charge is -2.30. The first-order valence-corrected chi connectivity index (χ1v) is 9.29. The number of amidine groups is 1. The molecular weight excluding hydrogens is 326 g/mol. The lowest BCUT2D eigenvalue weighted by Crippen LogP contribution is -2.36. The molecule has 1 N–H and O–H groups in total. The predicted molar refractivity (Wildman–Crippen MR) is 103 cm³/mol. The number of piperidine rings is 1. The molecule has 2 aliphatic rings. The summed E-state index contributed by atoms with van der Waals surface area (Å²) >= 11 is 0. The van der Waals surface area contributed by atoms with E-state index < -0.39 is 0 Å². The summed E-state index contributed by atoms with van der Waals surface area (Å²) in [7, 11) is 0. The van der Waals surface area contributed by atoms with Crippen molar-refractivity contribution in [1.29, 1.82) is 0 Å². The molecule has 1 fully saturated rings. The van der Waals surface area contributed by atoms with Crippen LogP contribution in [0.5, 0.6) is 11.5 Å². The highest BCUT2D eigenvalue weighted by atomic mass is 16.5. The molecule has 1 saturated heterocycles. The Labute approximate surface area is 153 Å². The first kappa shape index (κ1) is 16.6. The minimum atomic E-state index is -0.000706. The summed E-state index contributed by atoms with van der Waals surface area (Å²) in [5.41, 5.74) is 2.54. The van der Waals surface area contributed by atoms with Crippen LogP contribution in [0.1, 0.15) is 38.2 Å². The van der Waals surface area contributed by atoms with Crippen molar-refractivity contribution in [2.24, 2.45) is 4.99 Å². The second-order valence-electron chi connectivity index (χ2n) is 6.67. The van der Waals surface area contributed by atoms with Gasteiger partial charge < -0.3 is 15.0 Å². The zero-order chi connectivity index (χ0) is 17.9. The molecule has 5 nitrogen and oxygen atoms in total. The fourth-order valence-electron chi connectivity index (χ4n) is 3.40. The van der Waals surface area contributed by atoms with Crippen molar-refractivity contribution in [2.45, 2.75) is 32.6 Å². The van der Waals surface area contributed by atoms with Crippen molar-refractivity contribution in [1.82, 2.24) is 4.90 Å². The highest BCUT2D eigenvalue weighted by Crippen LogP contribution is 2.39. The number of hydrogen-bond donors (Lipinski definition) is 1. The molecule has 2 aliphatic heterocycles. The molecule has 4 rings (SSSR count). The van der Waals surface area contributed by atoms with E-state index in [1.54, 1.807) is 0 Å². The van der Waals surface area contributed by atoms with Gasteiger partial charge in [-0.1, -0.05) is 19.1 Å². The first-order chi connectivity index (χ1) is 12.7. The van der Waals surface area contributed by atoms with Gasteiger partial charge in [0.2, 0.25) is 5.91 Å². The normalized spacial score (nSPS) is 15.9. The van der Waals surface area contributed by atoms with Gasteiger partial charge in [0.1, 0.15) is 17.3 Å². The number of amides is 1. The number of carbonyl (C=O) groups is 1. The average Bonchev–Trinajstić information content (AvgIpc) is 2.85. The number of ether oxygens (including phenoxy) is 1. The van der Waals surface area contributed by atoms with Crippen LogP contribution in [0.4, 0.5) is 11.4 Å². The molecule has 0 radical (unpaired) electrons. The number of anilines is 1. The Kier molecular flexibility index (Phi) is 4.61. The van der Waals surface area contributed by atoms with Crippen LogP contribution in [0.15, 0.2) is 47.5 Å². The van der Waals surface area contributed by atoms with Crippen molar-refractivity contribution in [3.8, 4) is 11.5 Å². The Morgan fingerprint density at radius 3 is 2.73 bits per heavy atom. The molecule has 1 amide bonds. The fourth-order valence-corrected chi connectivity index (χ4v) is 3.40. The molecule has 5 heteroatoms. The maximum Gasteiger partial charge on any atom is 0.224 e. The lowest BCUT2D eigenvalue weighted by molar-refractivity contribution is -0.115. The minimum absolute atomic E-state index is 0.000706. The summed E-state index contributed by atoms with van der Waals surface area (Å²) in [6.45, 7) is 3.83. The van der Waals surface area contributed by atoms with Gasteiger partial charge in [-0.15, -0.1) is 0 Å². The van der Waals surface area contributed by atoms with E-state index in [0.29, 0.717) is 6.42 Å². The summed E-state index contributed by atoms with van der Waals surface area (Å²) in [4.78, 5) is 19.1. The molecule has 2 heterocycles. The zero-order valence-electron chi connectivity index (χ0n) is 15.0. The quantitative estimate of drug-likeness (QED) is 0.854.